The molecule has 0 N–H and O–H groups in total. The number of halogens is 1. The summed E-state index contributed by atoms with van der Waals surface area (Å²) in [4.78, 5) is 14.1. The highest BCUT2D eigenvalue weighted by Crippen LogP contribution is 2.42. The van der Waals surface area contributed by atoms with Gasteiger partial charge >= 0.3 is 0 Å². The molecule has 0 saturated carbocycles. The predicted octanol–water partition coefficient (Wildman–Crippen LogP) is 3.79. The van der Waals surface area contributed by atoms with Crippen LogP contribution >= 0.6 is 11.6 Å². The first-order chi connectivity index (χ1) is 18.6. The minimum Gasteiger partial charge on any atom is -0.492 e. The number of hydrogen-bond donors (Lipinski definition) is 0. The Labute approximate surface area is 227 Å². The van der Waals surface area contributed by atoms with Gasteiger partial charge in [0.1, 0.15) is 30.5 Å². The molecule has 6 rings (SSSR count). The Morgan fingerprint density at radius 3 is 2.74 bits per heavy atom. The van der Waals surface area contributed by atoms with Gasteiger partial charge in [-0.05, 0) is 19.2 Å². The van der Waals surface area contributed by atoms with E-state index in [1.54, 1.807) is 6.33 Å². The first kappa shape index (κ1) is 25.4. The van der Waals surface area contributed by atoms with Gasteiger partial charge in [0, 0.05) is 74.7 Å². The third kappa shape index (κ3) is 5.61. The van der Waals surface area contributed by atoms with Crippen molar-refractivity contribution < 1.29 is 23.7 Å². The van der Waals surface area contributed by atoms with Crippen molar-refractivity contribution in [2.75, 3.05) is 66.4 Å². The highest BCUT2D eigenvalue weighted by Gasteiger charge is 2.24. The molecule has 9 nitrogen and oxygen atoms in total. The van der Waals surface area contributed by atoms with E-state index in [1.165, 1.54) is 0 Å². The number of rotatable bonds is 8. The van der Waals surface area contributed by atoms with E-state index < -0.39 is 0 Å². The zero-order valence-corrected chi connectivity index (χ0v) is 22.4. The largest absolute Gasteiger partial charge is 0.492 e. The van der Waals surface area contributed by atoms with E-state index in [4.69, 9.17) is 35.3 Å². The van der Waals surface area contributed by atoms with Crippen molar-refractivity contribution in [2.24, 2.45) is 0 Å². The number of fused-ring (bicyclic) bond motifs is 2. The van der Waals surface area contributed by atoms with Gasteiger partial charge in [0.05, 0.1) is 29.8 Å². The van der Waals surface area contributed by atoms with Crippen LogP contribution in [0.1, 0.15) is 24.1 Å². The first-order valence-electron chi connectivity index (χ1n) is 13.3. The molecule has 2 aromatic carbocycles. The lowest BCUT2D eigenvalue weighted by Crippen LogP contribution is -2.45. The van der Waals surface area contributed by atoms with E-state index in [1.807, 2.05) is 24.3 Å². The van der Waals surface area contributed by atoms with Crippen LogP contribution in [0.15, 0.2) is 30.6 Å². The summed E-state index contributed by atoms with van der Waals surface area (Å²) < 4.78 is 29.7. The number of nitrogens with zero attached hydrogens (tertiary/aromatic N) is 4. The molecule has 0 amide bonds. The van der Waals surface area contributed by atoms with Crippen LogP contribution in [0.5, 0.6) is 23.0 Å². The summed E-state index contributed by atoms with van der Waals surface area (Å²) in [6.45, 7) is 7.35. The Morgan fingerprint density at radius 1 is 1.05 bits per heavy atom. The molecule has 2 saturated heterocycles. The molecule has 3 aliphatic rings. The van der Waals surface area contributed by atoms with Crippen LogP contribution in [-0.4, -0.2) is 92.3 Å². The van der Waals surface area contributed by atoms with Gasteiger partial charge in [0.25, 0.3) is 0 Å². The predicted molar refractivity (Wildman–Crippen MR) is 144 cm³/mol. The topological polar surface area (TPSA) is 78.4 Å². The molecular formula is C28H33ClN4O5. The monoisotopic (exact) mass is 540 g/mol. The van der Waals surface area contributed by atoms with Gasteiger partial charge < -0.3 is 28.6 Å². The van der Waals surface area contributed by atoms with Crippen LogP contribution < -0.4 is 18.9 Å². The number of piperazine rings is 1. The van der Waals surface area contributed by atoms with Crippen LogP contribution in [-0.2, 0) is 11.2 Å². The average molecular weight is 541 g/mol. The molecule has 3 aromatic rings. The quantitative estimate of drug-likeness (QED) is 0.424. The molecule has 1 aromatic heterocycles. The molecule has 2 fully saturated rings. The Kier molecular flexibility index (Phi) is 7.69. The first-order valence-corrected chi connectivity index (χ1v) is 13.6. The van der Waals surface area contributed by atoms with Gasteiger partial charge in [-0.1, -0.05) is 11.6 Å². The molecule has 38 heavy (non-hydrogen) atoms. The number of benzene rings is 2. The van der Waals surface area contributed by atoms with Crippen LogP contribution in [0.2, 0.25) is 5.02 Å². The summed E-state index contributed by atoms with van der Waals surface area (Å²) in [5, 5.41) is 1.47. The Hall–Kier alpha value is -2.85. The van der Waals surface area contributed by atoms with Gasteiger partial charge in [-0.3, -0.25) is 4.90 Å². The standard InChI is InChI=1S/C28H33ClN4O5/c1-32-6-8-33(9-7-32)10-13-35-20-14-23-27(26(15-20)38-19-4-11-34-12-5-19)24(31-17-30-23)16-21-22(29)2-3-25-28(21)37-18-36-25/h2-3,14-15,17,19H,4-13,16,18H2,1H3. The molecule has 0 unspecified atom stereocenters. The van der Waals surface area contributed by atoms with E-state index in [9.17, 15) is 0 Å². The molecule has 10 heteroatoms. The van der Waals surface area contributed by atoms with Gasteiger partial charge in [-0.25, -0.2) is 9.97 Å². The van der Waals surface area contributed by atoms with Gasteiger partial charge in [-0.2, -0.15) is 0 Å². The van der Waals surface area contributed by atoms with Crippen molar-refractivity contribution >= 4 is 22.5 Å². The number of likely N-dealkylation sites (N-methyl/N-ethyl adjacent to an activating group) is 1. The summed E-state index contributed by atoms with van der Waals surface area (Å²) >= 11 is 6.61. The maximum Gasteiger partial charge on any atom is 0.231 e. The van der Waals surface area contributed by atoms with Crippen molar-refractivity contribution in [3.05, 3.63) is 46.9 Å². The second kappa shape index (κ2) is 11.5. The Bertz CT molecular complexity index is 1280. The second-order valence-corrected chi connectivity index (χ2v) is 10.4. The fourth-order valence-corrected chi connectivity index (χ4v) is 5.39. The fraction of sp³-hybridized carbons (Fsp3) is 0.500. The van der Waals surface area contributed by atoms with Crippen molar-refractivity contribution in [2.45, 2.75) is 25.4 Å². The smallest absolute Gasteiger partial charge is 0.231 e. The van der Waals surface area contributed by atoms with E-state index in [0.717, 1.165) is 79.2 Å². The molecule has 3 aliphatic heterocycles. The molecule has 202 valence electrons. The lowest BCUT2D eigenvalue weighted by molar-refractivity contribution is 0.0260. The minimum absolute atomic E-state index is 0.0573. The highest BCUT2D eigenvalue weighted by molar-refractivity contribution is 6.31. The van der Waals surface area contributed by atoms with Crippen molar-refractivity contribution in [1.82, 2.24) is 19.8 Å². The second-order valence-electron chi connectivity index (χ2n) is 10.00. The zero-order chi connectivity index (χ0) is 25.9. The SMILES string of the molecule is CN1CCN(CCOc2cc(OC3CCOCC3)c3c(Cc4c(Cl)ccc5c4OCO5)ncnc3c2)CC1. The van der Waals surface area contributed by atoms with Crippen LogP contribution in [0.25, 0.3) is 10.9 Å². The summed E-state index contributed by atoms with van der Waals surface area (Å²) in [7, 11) is 2.17. The fourth-order valence-electron chi connectivity index (χ4n) is 5.18. The maximum absolute atomic E-state index is 6.61. The minimum atomic E-state index is 0.0573. The summed E-state index contributed by atoms with van der Waals surface area (Å²) in [6, 6.07) is 7.61. The lowest BCUT2D eigenvalue weighted by atomic mass is 10.0. The van der Waals surface area contributed by atoms with E-state index in [2.05, 4.69) is 26.8 Å². The number of ether oxygens (including phenoxy) is 5. The van der Waals surface area contributed by atoms with E-state index in [0.29, 0.717) is 42.8 Å². The summed E-state index contributed by atoms with van der Waals surface area (Å²) in [5.41, 5.74) is 2.42. The molecule has 0 aliphatic carbocycles. The van der Waals surface area contributed by atoms with E-state index in [-0.39, 0.29) is 12.9 Å². The third-order valence-electron chi connectivity index (χ3n) is 7.42. The van der Waals surface area contributed by atoms with Crippen molar-refractivity contribution in [3.8, 4) is 23.0 Å². The van der Waals surface area contributed by atoms with E-state index >= 15 is 0 Å². The zero-order valence-electron chi connectivity index (χ0n) is 21.7. The summed E-state index contributed by atoms with van der Waals surface area (Å²) in [5.74, 6) is 2.83. The molecular weight excluding hydrogens is 508 g/mol. The Morgan fingerprint density at radius 2 is 1.89 bits per heavy atom. The van der Waals surface area contributed by atoms with Crippen LogP contribution in [0.3, 0.4) is 0 Å². The third-order valence-corrected chi connectivity index (χ3v) is 7.77. The van der Waals surface area contributed by atoms with Gasteiger partial charge in [-0.15, -0.1) is 0 Å². The molecule has 0 spiro atoms. The molecule has 0 radical (unpaired) electrons. The Balaban J connectivity index is 1.29. The van der Waals surface area contributed by atoms with Gasteiger partial charge in [0.15, 0.2) is 11.5 Å². The molecule has 4 heterocycles. The highest BCUT2D eigenvalue weighted by atomic mass is 35.5. The number of hydrogen-bond acceptors (Lipinski definition) is 9. The van der Waals surface area contributed by atoms with Crippen LogP contribution in [0.4, 0.5) is 0 Å². The van der Waals surface area contributed by atoms with Crippen molar-refractivity contribution in [1.29, 1.82) is 0 Å². The molecule has 0 bridgehead atoms. The summed E-state index contributed by atoms with van der Waals surface area (Å²) in [6.07, 6.45) is 3.77. The van der Waals surface area contributed by atoms with Crippen LogP contribution in [0, 0.1) is 0 Å². The number of aromatic nitrogens is 2. The molecule has 0 atom stereocenters. The van der Waals surface area contributed by atoms with Gasteiger partial charge in [0.2, 0.25) is 6.79 Å². The van der Waals surface area contributed by atoms with Crippen molar-refractivity contribution in [3.63, 3.8) is 0 Å². The lowest BCUT2D eigenvalue weighted by Gasteiger charge is -2.32. The normalized spacial score (nSPS) is 18.7. The maximum atomic E-state index is 6.61. The average Bonchev–Trinajstić information content (AvgIpc) is 3.41.